The number of ether oxygens (including phenoxy) is 2. The number of nitrogens with zero attached hydrogens (tertiary/aromatic N) is 2. The standard InChI is InChI=1S/C38H44N4O6/c1-41(31-11-4-3-5-12-31)35(44)24-48-33-14-7-6-13-32(33)42(25-38-20-27-15-28(21-38)17-29(16-27)22-38)34(43)23-39-37(46)40-30-10-8-9-26(18-30)19-36(45)47-2/h3-14,18,27-29H,15-17,19-25H2,1-2H3,(H2,39,40,46). The van der Waals surface area contributed by atoms with Crippen molar-refractivity contribution in [2.45, 2.75) is 44.9 Å². The molecule has 7 rings (SSSR count). The van der Waals surface area contributed by atoms with E-state index in [0.717, 1.165) is 24.9 Å². The number of urea groups is 1. The highest BCUT2D eigenvalue weighted by Gasteiger charge is 2.52. The van der Waals surface area contributed by atoms with E-state index in [0.29, 0.717) is 47.0 Å². The molecule has 0 radical (unpaired) electrons. The third-order valence-electron chi connectivity index (χ3n) is 10.1. The summed E-state index contributed by atoms with van der Waals surface area (Å²) in [6.45, 7) is 0.105. The number of hydrogen-bond donors (Lipinski definition) is 2. The first-order valence-electron chi connectivity index (χ1n) is 16.7. The highest BCUT2D eigenvalue weighted by atomic mass is 16.5. The van der Waals surface area contributed by atoms with Gasteiger partial charge >= 0.3 is 12.0 Å². The van der Waals surface area contributed by atoms with Crippen LogP contribution in [0, 0.1) is 23.2 Å². The van der Waals surface area contributed by atoms with Crippen molar-refractivity contribution < 1.29 is 28.7 Å². The molecule has 0 aromatic heterocycles. The molecule has 3 aromatic carbocycles. The van der Waals surface area contributed by atoms with E-state index in [1.54, 1.807) is 47.2 Å². The number of esters is 1. The molecule has 48 heavy (non-hydrogen) atoms. The van der Waals surface area contributed by atoms with E-state index >= 15 is 0 Å². The zero-order valence-electron chi connectivity index (χ0n) is 27.7. The van der Waals surface area contributed by atoms with Gasteiger partial charge in [-0.1, -0.05) is 42.5 Å². The fourth-order valence-electron chi connectivity index (χ4n) is 8.39. The lowest BCUT2D eigenvalue weighted by molar-refractivity contribution is -0.139. The summed E-state index contributed by atoms with van der Waals surface area (Å²) in [6, 6.07) is 23.1. The Kier molecular flexibility index (Phi) is 9.98. The number of rotatable bonds is 12. The van der Waals surface area contributed by atoms with Crippen LogP contribution in [0.3, 0.4) is 0 Å². The topological polar surface area (TPSA) is 117 Å². The molecule has 4 amide bonds. The monoisotopic (exact) mass is 652 g/mol. The minimum atomic E-state index is -0.535. The van der Waals surface area contributed by atoms with Gasteiger partial charge in [0.15, 0.2) is 6.61 Å². The van der Waals surface area contributed by atoms with Crippen LogP contribution in [0.4, 0.5) is 21.9 Å². The van der Waals surface area contributed by atoms with Crippen LogP contribution in [0.5, 0.6) is 5.75 Å². The van der Waals surface area contributed by atoms with E-state index in [-0.39, 0.29) is 42.8 Å². The molecule has 4 aliphatic carbocycles. The summed E-state index contributed by atoms with van der Waals surface area (Å²) in [4.78, 5) is 55.2. The van der Waals surface area contributed by atoms with E-state index in [1.807, 2.05) is 48.5 Å². The molecule has 4 aliphatic rings. The number of carbonyl (C=O) groups is 4. The minimum absolute atomic E-state index is 0.0171. The Morgan fingerprint density at radius 3 is 2.19 bits per heavy atom. The Labute approximate surface area is 281 Å². The lowest BCUT2D eigenvalue weighted by Gasteiger charge is -2.57. The number of likely N-dealkylation sites (N-methyl/N-ethyl adjacent to an activating group) is 1. The Balaban J connectivity index is 1.17. The molecule has 0 heterocycles. The van der Waals surface area contributed by atoms with Gasteiger partial charge < -0.3 is 29.9 Å². The quantitative estimate of drug-likeness (QED) is 0.239. The largest absolute Gasteiger partial charge is 0.482 e. The number of nitrogens with one attached hydrogen (secondary N) is 2. The summed E-state index contributed by atoms with van der Waals surface area (Å²) in [5.74, 6) is 1.68. The number of anilines is 3. The van der Waals surface area contributed by atoms with E-state index in [2.05, 4.69) is 10.6 Å². The zero-order valence-corrected chi connectivity index (χ0v) is 27.7. The molecule has 0 spiro atoms. The average molecular weight is 653 g/mol. The molecule has 0 atom stereocenters. The fourth-order valence-corrected chi connectivity index (χ4v) is 8.39. The fraction of sp³-hybridized carbons (Fsp3) is 0.421. The Bertz CT molecular complexity index is 1610. The van der Waals surface area contributed by atoms with Crippen LogP contribution < -0.4 is 25.2 Å². The van der Waals surface area contributed by atoms with Crippen LogP contribution in [0.25, 0.3) is 0 Å². The summed E-state index contributed by atoms with van der Waals surface area (Å²) in [7, 11) is 3.04. The predicted octanol–water partition coefficient (Wildman–Crippen LogP) is 5.82. The Morgan fingerprint density at radius 1 is 0.833 bits per heavy atom. The Morgan fingerprint density at radius 2 is 1.50 bits per heavy atom. The Hall–Kier alpha value is -4.86. The van der Waals surface area contributed by atoms with Crippen molar-refractivity contribution in [1.82, 2.24) is 5.32 Å². The van der Waals surface area contributed by atoms with Gasteiger partial charge in [-0.3, -0.25) is 14.4 Å². The third kappa shape index (κ3) is 7.81. The molecule has 3 aromatic rings. The van der Waals surface area contributed by atoms with Crippen molar-refractivity contribution in [3.8, 4) is 5.75 Å². The molecule has 0 saturated heterocycles. The van der Waals surface area contributed by atoms with Gasteiger partial charge in [0.25, 0.3) is 5.91 Å². The summed E-state index contributed by atoms with van der Waals surface area (Å²) in [6.07, 6.45) is 7.23. The lowest BCUT2D eigenvalue weighted by Crippen LogP contribution is -2.53. The lowest BCUT2D eigenvalue weighted by atomic mass is 9.49. The molecule has 4 saturated carbocycles. The van der Waals surface area contributed by atoms with Crippen LogP contribution in [-0.4, -0.2) is 57.7 Å². The van der Waals surface area contributed by atoms with Crippen molar-refractivity contribution in [2.24, 2.45) is 23.2 Å². The van der Waals surface area contributed by atoms with Crippen LogP contribution in [0.2, 0.25) is 0 Å². The molecule has 10 nitrogen and oxygen atoms in total. The van der Waals surface area contributed by atoms with E-state index in [9.17, 15) is 19.2 Å². The van der Waals surface area contributed by atoms with Crippen LogP contribution in [0.1, 0.15) is 44.1 Å². The molecule has 252 valence electrons. The van der Waals surface area contributed by atoms with Gasteiger partial charge in [0, 0.05) is 25.0 Å². The van der Waals surface area contributed by atoms with Crippen LogP contribution in [-0.2, 0) is 25.5 Å². The second-order valence-electron chi connectivity index (χ2n) is 13.7. The predicted molar refractivity (Wildman–Crippen MR) is 184 cm³/mol. The number of para-hydroxylation sites is 3. The molecular weight excluding hydrogens is 608 g/mol. The highest BCUT2D eigenvalue weighted by molar-refractivity contribution is 6.00. The first kappa shape index (κ1) is 33.1. The SMILES string of the molecule is COC(=O)Cc1cccc(NC(=O)NCC(=O)N(CC23CC4CC(CC(C4)C2)C3)c2ccccc2OCC(=O)N(C)c2ccccc2)c1. The maximum atomic E-state index is 14.1. The first-order chi connectivity index (χ1) is 23.2. The van der Waals surface area contributed by atoms with Gasteiger partial charge in [0.1, 0.15) is 5.75 Å². The summed E-state index contributed by atoms with van der Waals surface area (Å²) >= 11 is 0. The smallest absolute Gasteiger partial charge is 0.319 e. The average Bonchev–Trinajstić information content (AvgIpc) is 3.08. The van der Waals surface area contributed by atoms with E-state index in [4.69, 9.17) is 9.47 Å². The first-order valence-corrected chi connectivity index (χ1v) is 16.7. The normalized spacial score (nSPS) is 22.0. The van der Waals surface area contributed by atoms with Crippen molar-refractivity contribution in [1.29, 1.82) is 0 Å². The molecule has 4 fully saturated rings. The maximum Gasteiger partial charge on any atom is 0.319 e. The second kappa shape index (κ2) is 14.5. The number of hydrogen-bond acceptors (Lipinski definition) is 6. The second-order valence-corrected chi connectivity index (χ2v) is 13.7. The maximum absolute atomic E-state index is 14.1. The zero-order chi connectivity index (χ0) is 33.7. The van der Waals surface area contributed by atoms with Gasteiger partial charge in [0.05, 0.1) is 25.8 Å². The summed E-state index contributed by atoms with van der Waals surface area (Å²) in [5.41, 5.74) is 2.56. The van der Waals surface area contributed by atoms with Gasteiger partial charge in [-0.25, -0.2) is 4.79 Å². The van der Waals surface area contributed by atoms with Crippen LogP contribution >= 0.6 is 0 Å². The molecule has 4 bridgehead atoms. The van der Waals surface area contributed by atoms with Gasteiger partial charge in [-0.15, -0.1) is 0 Å². The van der Waals surface area contributed by atoms with E-state index in [1.165, 1.54) is 26.4 Å². The summed E-state index contributed by atoms with van der Waals surface area (Å²) in [5, 5.41) is 5.49. The van der Waals surface area contributed by atoms with Crippen molar-refractivity contribution in [2.75, 3.05) is 49.0 Å². The van der Waals surface area contributed by atoms with E-state index < -0.39 is 6.03 Å². The van der Waals surface area contributed by atoms with Crippen molar-refractivity contribution in [3.05, 3.63) is 84.4 Å². The third-order valence-corrected chi connectivity index (χ3v) is 10.1. The van der Waals surface area contributed by atoms with Gasteiger partial charge in [-0.2, -0.15) is 0 Å². The van der Waals surface area contributed by atoms with Gasteiger partial charge in [0.2, 0.25) is 5.91 Å². The highest BCUT2D eigenvalue weighted by Crippen LogP contribution is 2.60. The van der Waals surface area contributed by atoms with Gasteiger partial charge in [-0.05, 0) is 104 Å². The molecule has 2 N–H and O–H groups in total. The molecule has 0 aliphatic heterocycles. The number of carbonyl (C=O) groups excluding carboxylic acids is 4. The van der Waals surface area contributed by atoms with Crippen molar-refractivity contribution in [3.63, 3.8) is 0 Å². The summed E-state index contributed by atoms with van der Waals surface area (Å²) < 4.78 is 10.9. The minimum Gasteiger partial charge on any atom is -0.482 e. The number of amides is 4. The molecular formula is C38H44N4O6. The van der Waals surface area contributed by atoms with Crippen LogP contribution in [0.15, 0.2) is 78.9 Å². The molecule has 0 unspecified atom stereocenters. The van der Waals surface area contributed by atoms with Crippen molar-refractivity contribution >= 4 is 40.9 Å². The molecule has 10 heteroatoms. The number of methoxy groups -OCH3 is 1. The number of benzene rings is 3.